The highest BCUT2D eigenvalue weighted by Gasteiger charge is 2.53. The van der Waals surface area contributed by atoms with Crippen LogP contribution in [0.4, 0.5) is 0 Å². The Morgan fingerprint density at radius 3 is 1.96 bits per heavy atom. The molecule has 134 valence electrons. The minimum atomic E-state index is 0.0944. The van der Waals surface area contributed by atoms with E-state index in [0.29, 0.717) is 11.5 Å². The van der Waals surface area contributed by atoms with Crippen LogP contribution in [0.1, 0.15) is 65.2 Å². The van der Waals surface area contributed by atoms with Gasteiger partial charge in [-0.05, 0) is 81.5 Å². The lowest BCUT2D eigenvalue weighted by Crippen LogP contribution is -2.56. The van der Waals surface area contributed by atoms with E-state index in [1.807, 2.05) is 4.90 Å². The van der Waals surface area contributed by atoms with E-state index in [-0.39, 0.29) is 17.7 Å². The number of nitrogens with one attached hydrogen (secondary N) is 1. The zero-order valence-electron chi connectivity index (χ0n) is 15.2. The number of amides is 2. The van der Waals surface area contributed by atoms with Gasteiger partial charge in [0.1, 0.15) is 0 Å². The van der Waals surface area contributed by atoms with Crippen LogP contribution in [0.3, 0.4) is 0 Å². The van der Waals surface area contributed by atoms with Gasteiger partial charge in [-0.1, -0.05) is 0 Å². The molecular weight excluding hydrogens is 300 g/mol. The molecule has 0 aromatic rings. The molecule has 4 saturated carbocycles. The van der Waals surface area contributed by atoms with Crippen LogP contribution in [0.15, 0.2) is 0 Å². The van der Waals surface area contributed by atoms with Crippen LogP contribution in [0.25, 0.3) is 0 Å². The lowest BCUT2D eigenvalue weighted by atomic mass is 9.48. The summed E-state index contributed by atoms with van der Waals surface area (Å²) in [5, 5.41) is 3.41. The van der Waals surface area contributed by atoms with Crippen molar-refractivity contribution in [2.45, 2.75) is 71.3 Å². The van der Waals surface area contributed by atoms with Gasteiger partial charge in [0, 0.05) is 32.0 Å². The number of carbonyl (C=O) groups is 2. The normalized spacial score (nSPS) is 39.8. The molecule has 1 heterocycles. The fraction of sp³-hybridized carbons (Fsp3) is 0.900. The third-order valence-corrected chi connectivity index (χ3v) is 7.67. The van der Waals surface area contributed by atoms with E-state index in [4.69, 9.17) is 0 Å². The molecule has 1 atom stereocenters. The van der Waals surface area contributed by atoms with Crippen LogP contribution < -0.4 is 5.32 Å². The fourth-order valence-corrected chi connectivity index (χ4v) is 6.65. The molecule has 1 saturated heterocycles. The minimum absolute atomic E-state index is 0.0944. The van der Waals surface area contributed by atoms with Crippen LogP contribution >= 0.6 is 0 Å². The molecule has 4 bridgehead atoms. The standard InChI is InChI=1S/C20H32N2O2/c1-13(20-10-15-7-16(11-20)9-17(8-15)12-20)21-19(24)18-3-5-22(6-4-18)14(2)23/h13,15-18H,3-12H2,1-2H3,(H,21,24)/t13-,15?,16?,17?,20?/m1/s1. The van der Waals surface area contributed by atoms with Crippen molar-refractivity contribution in [3.8, 4) is 0 Å². The van der Waals surface area contributed by atoms with Crippen molar-refractivity contribution in [2.24, 2.45) is 29.1 Å². The maximum atomic E-state index is 12.8. The lowest BCUT2D eigenvalue weighted by molar-refractivity contribution is -0.135. The highest BCUT2D eigenvalue weighted by atomic mass is 16.2. The van der Waals surface area contributed by atoms with Gasteiger partial charge in [0.2, 0.25) is 11.8 Å². The maximum Gasteiger partial charge on any atom is 0.223 e. The minimum Gasteiger partial charge on any atom is -0.353 e. The molecule has 24 heavy (non-hydrogen) atoms. The Morgan fingerprint density at radius 1 is 1.00 bits per heavy atom. The van der Waals surface area contributed by atoms with Gasteiger partial charge in [0.15, 0.2) is 0 Å². The molecule has 4 aliphatic carbocycles. The summed E-state index contributed by atoms with van der Waals surface area (Å²) in [4.78, 5) is 26.1. The van der Waals surface area contributed by atoms with Crippen molar-refractivity contribution in [2.75, 3.05) is 13.1 Å². The molecule has 4 heteroatoms. The van der Waals surface area contributed by atoms with Crippen molar-refractivity contribution in [3.63, 3.8) is 0 Å². The molecular formula is C20H32N2O2. The number of hydrogen-bond donors (Lipinski definition) is 1. The summed E-state index contributed by atoms with van der Waals surface area (Å²) in [5.41, 5.74) is 0.379. The Bertz CT molecular complexity index is 486. The van der Waals surface area contributed by atoms with Gasteiger partial charge in [-0.25, -0.2) is 0 Å². The largest absolute Gasteiger partial charge is 0.353 e. The first-order valence-electron chi connectivity index (χ1n) is 10.0. The van der Waals surface area contributed by atoms with E-state index >= 15 is 0 Å². The first-order chi connectivity index (χ1) is 11.4. The number of nitrogens with zero attached hydrogens (tertiary/aromatic N) is 1. The fourth-order valence-electron chi connectivity index (χ4n) is 6.65. The molecule has 0 aromatic carbocycles. The molecule has 1 aliphatic heterocycles. The quantitative estimate of drug-likeness (QED) is 0.864. The molecule has 0 unspecified atom stereocenters. The summed E-state index contributed by atoms with van der Waals surface area (Å²) in [6.07, 6.45) is 9.99. The topological polar surface area (TPSA) is 49.4 Å². The molecule has 0 radical (unpaired) electrons. The number of carbonyl (C=O) groups excluding carboxylic acids is 2. The van der Waals surface area contributed by atoms with Gasteiger partial charge in [0.25, 0.3) is 0 Å². The second kappa shape index (κ2) is 6.03. The number of piperidine rings is 1. The van der Waals surface area contributed by atoms with Gasteiger partial charge in [-0.15, -0.1) is 0 Å². The summed E-state index contributed by atoms with van der Waals surface area (Å²) in [6.45, 7) is 5.35. The van der Waals surface area contributed by atoms with Crippen molar-refractivity contribution in [1.29, 1.82) is 0 Å². The van der Waals surface area contributed by atoms with Crippen molar-refractivity contribution in [1.82, 2.24) is 10.2 Å². The Balaban J connectivity index is 1.35. The van der Waals surface area contributed by atoms with Crippen LogP contribution in [-0.2, 0) is 9.59 Å². The van der Waals surface area contributed by atoms with Gasteiger partial charge >= 0.3 is 0 Å². The van der Waals surface area contributed by atoms with E-state index in [9.17, 15) is 9.59 Å². The van der Waals surface area contributed by atoms with Gasteiger partial charge < -0.3 is 10.2 Å². The predicted molar refractivity (Wildman–Crippen MR) is 93.2 cm³/mol. The monoisotopic (exact) mass is 332 g/mol. The Labute approximate surface area is 145 Å². The number of likely N-dealkylation sites (tertiary alicyclic amines) is 1. The molecule has 0 aromatic heterocycles. The lowest BCUT2D eigenvalue weighted by Gasteiger charge is -2.59. The zero-order valence-corrected chi connectivity index (χ0v) is 15.2. The third-order valence-electron chi connectivity index (χ3n) is 7.67. The SMILES string of the molecule is CC(=O)N1CCC(C(=O)N[C@H](C)C23CC4CC(CC(C4)C2)C3)CC1. The highest BCUT2D eigenvalue weighted by Crippen LogP contribution is 2.61. The van der Waals surface area contributed by atoms with E-state index in [2.05, 4.69) is 12.2 Å². The molecule has 5 aliphatic rings. The van der Waals surface area contributed by atoms with E-state index < -0.39 is 0 Å². The van der Waals surface area contributed by atoms with Crippen LogP contribution in [0.2, 0.25) is 0 Å². The number of rotatable bonds is 3. The summed E-state index contributed by atoms with van der Waals surface area (Å²) in [6, 6.07) is 0.309. The summed E-state index contributed by atoms with van der Waals surface area (Å²) in [5.74, 6) is 3.24. The first kappa shape index (κ1) is 16.4. The van der Waals surface area contributed by atoms with E-state index in [1.54, 1.807) is 6.92 Å². The molecule has 4 nitrogen and oxygen atoms in total. The van der Waals surface area contributed by atoms with Gasteiger partial charge in [0.05, 0.1) is 0 Å². The van der Waals surface area contributed by atoms with Crippen LogP contribution in [0, 0.1) is 29.1 Å². The van der Waals surface area contributed by atoms with Gasteiger partial charge in [-0.2, -0.15) is 0 Å². The summed E-state index contributed by atoms with van der Waals surface area (Å²) >= 11 is 0. The Hall–Kier alpha value is -1.06. The Morgan fingerprint density at radius 2 is 1.50 bits per heavy atom. The number of hydrogen-bond acceptors (Lipinski definition) is 2. The second-order valence-electron chi connectivity index (χ2n) is 9.29. The maximum absolute atomic E-state index is 12.8. The van der Waals surface area contributed by atoms with Crippen molar-refractivity contribution >= 4 is 11.8 Å². The molecule has 5 rings (SSSR count). The average molecular weight is 332 g/mol. The highest BCUT2D eigenvalue weighted by molar-refractivity contribution is 5.80. The summed E-state index contributed by atoms with van der Waals surface area (Å²) in [7, 11) is 0. The van der Waals surface area contributed by atoms with Crippen LogP contribution in [0.5, 0.6) is 0 Å². The summed E-state index contributed by atoms with van der Waals surface area (Å²) < 4.78 is 0. The van der Waals surface area contributed by atoms with E-state index in [1.165, 1.54) is 38.5 Å². The zero-order chi connectivity index (χ0) is 16.9. The Kier molecular flexibility index (Phi) is 4.12. The van der Waals surface area contributed by atoms with E-state index in [0.717, 1.165) is 43.7 Å². The van der Waals surface area contributed by atoms with Gasteiger partial charge in [-0.3, -0.25) is 9.59 Å². The first-order valence-corrected chi connectivity index (χ1v) is 10.0. The molecule has 5 fully saturated rings. The molecule has 0 spiro atoms. The molecule has 2 amide bonds. The predicted octanol–water partition coefficient (Wildman–Crippen LogP) is 2.97. The van der Waals surface area contributed by atoms with Crippen LogP contribution in [-0.4, -0.2) is 35.8 Å². The molecule has 1 N–H and O–H groups in total. The van der Waals surface area contributed by atoms with Crippen molar-refractivity contribution < 1.29 is 9.59 Å². The smallest absolute Gasteiger partial charge is 0.223 e. The third kappa shape index (κ3) is 2.86. The van der Waals surface area contributed by atoms with Crippen molar-refractivity contribution in [3.05, 3.63) is 0 Å². The second-order valence-corrected chi connectivity index (χ2v) is 9.29. The average Bonchev–Trinajstić information content (AvgIpc) is 2.53.